The number of hydrogen-bond acceptors (Lipinski definition) is 6. The van der Waals surface area contributed by atoms with Crippen LogP contribution < -0.4 is 20.3 Å². The van der Waals surface area contributed by atoms with Crippen molar-refractivity contribution >= 4 is 52.5 Å². The molecule has 0 aromatic heterocycles. The summed E-state index contributed by atoms with van der Waals surface area (Å²) in [6, 6.07) is 22.3. The molecule has 0 bridgehead atoms. The molecule has 1 aliphatic rings. The van der Waals surface area contributed by atoms with Gasteiger partial charge >= 0.3 is 0 Å². The normalized spacial score (nSPS) is 15.0. The Morgan fingerprint density at radius 2 is 1.56 bits per heavy atom. The second-order valence-corrected chi connectivity index (χ2v) is 9.13. The lowest BCUT2D eigenvalue weighted by atomic mass is 10.2. The molecule has 0 radical (unpaired) electrons. The minimum Gasteiger partial charge on any atom is -0.494 e. The van der Waals surface area contributed by atoms with Gasteiger partial charge in [0.15, 0.2) is 0 Å². The number of carbonyl (C=O) groups is 4. The lowest BCUT2D eigenvalue weighted by Crippen LogP contribution is -2.31. The average molecular weight is 504 g/mol. The van der Waals surface area contributed by atoms with Crippen LogP contribution in [-0.4, -0.2) is 41.2 Å². The SMILES string of the molecule is CCOc1ccc(NC(=O)c2ccc(NC(=O)CSC3CC(=O)N(c4ccccc4)C3=O)cc2)cc1. The van der Waals surface area contributed by atoms with Gasteiger partial charge in [-0.25, -0.2) is 4.90 Å². The Kier molecular flexibility index (Phi) is 8.02. The largest absolute Gasteiger partial charge is 0.494 e. The monoisotopic (exact) mass is 503 g/mol. The summed E-state index contributed by atoms with van der Waals surface area (Å²) < 4.78 is 5.39. The molecule has 184 valence electrons. The summed E-state index contributed by atoms with van der Waals surface area (Å²) in [4.78, 5) is 51.1. The van der Waals surface area contributed by atoms with E-state index in [4.69, 9.17) is 4.74 Å². The van der Waals surface area contributed by atoms with E-state index < -0.39 is 5.25 Å². The highest BCUT2D eigenvalue weighted by atomic mass is 32.2. The zero-order valence-corrected chi connectivity index (χ0v) is 20.4. The first-order chi connectivity index (χ1) is 17.4. The first-order valence-corrected chi connectivity index (χ1v) is 12.5. The van der Waals surface area contributed by atoms with Gasteiger partial charge < -0.3 is 15.4 Å². The Balaban J connectivity index is 1.26. The fourth-order valence-corrected chi connectivity index (χ4v) is 4.60. The molecule has 1 aliphatic heterocycles. The Bertz CT molecular complexity index is 1250. The molecule has 3 aromatic rings. The number of rotatable bonds is 9. The van der Waals surface area contributed by atoms with Crippen LogP contribution in [0.4, 0.5) is 17.1 Å². The lowest BCUT2D eigenvalue weighted by molar-refractivity contribution is -0.121. The zero-order chi connectivity index (χ0) is 25.5. The number of amides is 4. The summed E-state index contributed by atoms with van der Waals surface area (Å²) in [5.41, 5.74) is 2.14. The minimum absolute atomic E-state index is 0.0201. The fraction of sp³-hybridized carbons (Fsp3) is 0.185. The van der Waals surface area contributed by atoms with Gasteiger partial charge in [0.1, 0.15) is 5.75 Å². The number of thioether (sulfide) groups is 1. The molecule has 4 amide bonds. The number of benzene rings is 3. The van der Waals surface area contributed by atoms with E-state index in [0.717, 1.165) is 17.5 Å². The Hall–Kier alpha value is -4.11. The highest BCUT2D eigenvalue weighted by Crippen LogP contribution is 2.29. The molecule has 0 aliphatic carbocycles. The van der Waals surface area contributed by atoms with Crippen LogP contribution in [0.25, 0.3) is 0 Å². The van der Waals surface area contributed by atoms with Crippen molar-refractivity contribution in [2.24, 2.45) is 0 Å². The maximum Gasteiger partial charge on any atom is 0.255 e. The molecule has 1 heterocycles. The summed E-state index contributed by atoms with van der Waals surface area (Å²) in [6.45, 7) is 2.47. The van der Waals surface area contributed by atoms with Crippen molar-refractivity contribution < 1.29 is 23.9 Å². The van der Waals surface area contributed by atoms with Gasteiger partial charge in [-0.1, -0.05) is 18.2 Å². The van der Waals surface area contributed by atoms with Crippen molar-refractivity contribution in [2.45, 2.75) is 18.6 Å². The first-order valence-electron chi connectivity index (χ1n) is 11.4. The number of para-hydroxylation sites is 1. The summed E-state index contributed by atoms with van der Waals surface area (Å²) in [5.74, 6) is -0.419. The van der Waals surface area contributed by atoms with Gasteiger partial charge in [0.2, 0.25) is 17.7 Å². The third kappa shape index (κ3) is 6.11. The van der Waals surface area contributed by atoms with Gasteiger partial charge in [-0.05, 0) is 67.6 Å². The molecular weight excluding hydrogens is 478 g/mol. The van der Waals surface area contributed by atoms with Crippen LogP contribution in [0.3, 0.4) is 0 Å². The molecule has 1 unspecified atom stereocenters. The Labute approximate surface area is 213 Å². The first kappa shape index (κ1) is 25.0. The number of ether oxygens (including phenoxy) is 1. The molecule has 9 heteroatoms. The van der Waals surface area contributed by atoms with Crippen LogP contribution in [0.15, 0.2) is 78.9 Å². The maximum atomic E-state index is 12.7. The number of carbonyl (C=O) groups excluding carboxylic acids is 4. The van der Waals surface area contributed by atoms with Gasteiger partial charge in [0.25, 0.3) is 5.91 Å². The molecule has 1 atom stereocenters. The smallest absolute Gasteiger partial charge is 0.255 e. The molecule has 2 N–H and O–H groups in total. The summed E-state index contributed by atoms with van der Waals surface area (Å²) in [7, 11) is 0. The quantitative estimate of drug-likeness (QED) is 0.421. The third-order valence-electron chi connectivity index (χ3n) is 5.39. The average Bonchev–Trinajstić information content (AvgIpc) is 3.17. The molecule has 1 fully saturated rings. The van der Waals surface area contributed by atoms with Crippen molar-refractivity contribution in [3.8, 4) is 5.75 Å². The van der Waals surface area contributed by atoms with E-state index in [9.17, 15) is 19.2 Å². The van der Waals surface area contributed by atoms with Gasteiger partial charge in [0, 0.05) is 23.4 Å². The van der Waals surface area contributed by atoms with E-state index >= 15 is 0 Å². The summed E-state index contributed by atoms with van der Waals surface area (Å²) in [5, 5.41) is 4.97. The molecule has 36 heavy (non-hydrogen) atoms. The second-order valence-electron chi connectivity index (χ2n) is 7.94. The molecular formula is C27H25N3O5S. The van der Waals surface area contributed by atoms with E-state index in [-0.39, 0.29) is 35.8 Å². The molecule has 1 saturated heterocycles. The molecule has 3 aromatic carbocycles. The van der Waals surface area contributed by atoms with Crippen molar-refractivity contribution in [1.82, 2.24) is 0 Å². The van der Waals surface area contributed by atoms with Crippen LogP contribution >= 0.6 is 11.8 Å². The third-order valence-corrected chi connectivity index (χ3v) is 6.59. The van der Waals surface area contributed by atoms with Crippen molar-refractivity contribution in [2.75, 3.05) is 27.9 Å². The van der Waals surface area contributed by atoms with Crippen molar-refractivity contribution in [3.63, 3.8) is 0 Å². The highest BCUT2D eigenvalue weighted by molar-refractivity contribution is 8.01. The number of nitrogens with zero attached hydrogens (tertiary/aromatic N) is 1. The minimum atomic E-state index is -0.600. The van der Waals surface area contributed by atoms with Crippen LogP contribution in [0.2, 0.25) is 0 Å². The van der Waals surface area contributed by atoms with Crippen molar-refractivity contribution in [3.05, 3.63) is 84.4 Å². The maximum absolute atomic E-state index is 12.7. The lowest BCUT2D eigenvalue weighted by Gasteiger charge is -2.14. The van der Waals surface area contributed by atoms with Gasteiger partial charge in [-0.2, -0.15) is 0 Å². The van der Waals surface area contributed by atoms with Gasteiger partial charge in [0.05, 0.1) is 23.3 Å². The Morgan fingerprint density at radius 1 is 0.917 bits per heavy atom. The standard InChI is InChI=1S/C27H25N3O5S/c1-2-35-22-14-12-20(13-15-22)29-26(33)18-8-10-19(11-9-18)28-24(31)17-36-23-16-25(32)30(27(23)34)21-6-4-3-5-7-21/h3-15,23H,2,16-17H2,1H3,(H,28,31)(H,29,33). The molecule has 0 spiro atoms. The number of imide groups is 1. The van der Waals surface area contributed by atoms with Crippen LogP contribution in [0.5, 0.6) is 5.75 Å². The van der Waals surface area contributed by atoms with Crippen LogP contribution in [-0.2, 0) is 14.4 Å². The molecule has 4 rings (SSSR count). The van der Waals surface area contributed by atoms with Crippen LogP contribution in [0, 0.1) is 0 Å². The van der Waals surface area contributed by atoms with E-state index in [0.29, 0.717) is 29.2 Å². The highest BCUT2D eigenvalue weighted by Gasteiger charge is 2.39. The van der Waals surface area contributed by atoms with E-state index in [2.05, 4.69) is 10.6 Å². The van der Waals surface area contributed by atoms with E-state index in [1.807, 2.05) is 13.0 Å². The second kappa shape index (κ2) is 11.5. The summed E-state index contributed by atoms with van der Waals surface area (Å²) >= 11 is 1.14. The summed E-state index contributed by atoms with van der Waals surface area (Å²) in [6.07, 6.45) is 0.0594. The van der Waals surface area contributed by atoms with E-state index in [1.165, 1.54) is 4.90 Å². The Morgan fingerprint density at radius 3 is 2.22 bits per heavy atom. The van der Waals surface area contributed by atoms with Crippen LogP contribution in [0.1, 0.15) is 23.7 Å². The van der Waals surface area contributed by atoms with Gasteiger partial charge in [-0.15, -0.1) is 11.8 Å². The topological polar surface area (TPSA) is 105 Å². The number of hydrogen-bond donors (Lipinski definition) is 2. The van der Waals surface area contributed by atoms with Crippen molar-refractivity contribution in [1.29, 1.82) is 0 Å². The number of nitrogens with one attached hydrogen (secondary N) is 2. The zero-order valence-electron chi connectivity index (χ0n) is 19.6. The van der Waals surface area contributed by atoms with E-state index in [1.54, 1.807) is 72.8 Å². The fourth-order valence-electron chi connectivity index (χ4n) is 3.67. The predicted octanol–water partition coefficient (Wildman–Crippen LogP) is 4.34. The predicted molar refractivity (Wildman–Crippen MR) is 140 cm³/mol. The molecule has 0 saturated carbocycles. The van der Waals surface area contributed by atoms with Gasteiger partial charge in [-0.3, -0.25) is 19.2 Å². The number of anilines is 3. The molecule has 8 nitrogen and oxygen atoms in total.